The van der Waals surface area contributed by atoms with E-state index in [1.165, 1.54) is 0 Å². The Hall–Kier alpha value is -1.54. The van der Waals surface area contributed by atoms with Crippen molar-refractivity contribution in [3.8, 4) is 0 Å². The Morgan fingerprint density at radius 1 is 0.757 bits per heavy atom. The molecule has 10 heteroatoms. The minimum atomic E-state index is -1.16. The molecule has 37 heavy (non-hydrogen) atoms. The summed E-state index contributed by atoms with van der Waals surface area (Å²) < 4.78 is 30.5. The van der Waals surface area contributed by atoms with E-state index in [-0.39, 0.29) is 6.61 Å². The van der Waals surface area contributed by atoms with Gasteiger partial charge in [0.15, 0.2) is 18.3 Å². The van der Waals surface area contributed by atoms with Gasteiger partial charge in [-0.15, -0.1) is 0 Å². The van der Waals surface area contributed by atoms with Crippen LogP contribution in [0, 0.1) is 16.2 Å². The van der Waals surface area contributed by atoms with Gasteiger partial charge in [-0.05, 0) is 80.0 Å². The zero-order valence-corrected chi connectivity index (χ0v) is 25.9. The number of esters is 3. The minimum absolute atomic E-state index is 0.0172. The van der Waals surface area contributed by atoms with Gasteiger partial charge in [0.2, 0.25) is 0 Å². The summed E-state index contributed by atoms with van der Waals surface area (Å²) in [6, 6.07) is 7.33. The minimum Gasteiger partial charge on any atom is -0.455 e. The largest absolute Gasteiger partial charge is 0.455 e. The summed E-state index contributed by atoms with van der Waals surface area (Å²) in [5, 5.41) is 0. The van der Waals surface area contributed by atoms with Crippen LogP contribution in [0.5, 0.6) is 0 Å². The van der Waals surface area contributed by atoms with Crippen LogP contribution >= 0.6 is 25.4 Å². The molecule has 1 saturated heterocycles. The molecule has 6 atom stereocenters. The zero-order chi connectivity index (χ0) is 28.3. The van der Waals surface area contributed by atoms with Gasteiger partial charge < -0.3 is 23.5 Å². The maximum atomic E-state index is 13.2. The van der Waals surface area contributed by atoms with Gasteiger partial charge >= 0.3 is 17.9 Å². The number of carbonyl (C=O) groups is 3. The fourth-order valence-electron chi connectivity index (χ4n) is 3.37. The second-order valence-corrected chi connectivity index (χ2v) is 13.6. The van der Waals surface area contributed by atoms with E-state index in [2.05, 4.69) is 25.4 Å². The Kier molecular flexibility index (Phi) is 10.4. The van der Waals surface area contributed by atoms with Crippen LogP contribution in [-0.4, -0.2) is 48.9 Å². The van der Waals surface area contributed by atoms with Crippen molar-refractivity contribution in [1.29, 1.82) is 0 Å². The van der Waals surface area contributed by atoms with Gasteiger partial charge in [-0.1, -0.05) is 28.1 Å². The highest BCUT2D eigenvalue weighted by Gasteiger charge is 2.54. The molecule has 0 saturated carbocycles. The molecule has 2 rings (SSSR count). The predicted molar refractivity (Wildman–Crippen MR) is 145 cm³/mol. The summed E-state index contributed by atoms with van der Waals surface area (Å²) in [7, 11) is 2.15. The lowest BCUT2D eigenvalue weighted by Gasteiger charge is -2.46. The normalized spacial score (nSPS) is 24.8. The molecule has 0 aliphatic carbocycles. The van der Waals surface area contributed by atoms with Gasteiger partial charge in [-0.2, -0.15) is 0 Å². The van der Waals surface area contributed by atoms with Gasteiger partial charge in [0.1, 0.15) is 12.2 Å². The summed E-state index contributed by atoms with van der Waals surface area (Å²) in [6.45, 7) is 15.5. The van der Waals surface area contributed by atoms with Crippen LogP contribution in [-0.2, 0) is 37.9 Å². The number of rotatable bonds is 6. The third-order valence-corrected chi connectivity index (χ3v) is 6.38. The van der Waals surface area contributed by atoms with E-state index in [1.807, 2.05) is 24.3 Å². The van der Waals surface area contributed by atoms with E-state index >= 15 is 0 Å². The van der Waals surface area contributed by atoms with Crippen molar-refractivity contribution in [3.63, 3.8) is 0 Å². The van der Waals surface area contributed by atoms with Crippen molar-refractivity contribution in [2.45, 2.75) is 92.8 Å². The van der Waals surface area contributed by atoms with Gasteiger partial charge in [-0.3, -0.25) is 14.4 Å². The van der Waals surface area contributed by atoms with Crippen molar-refractivity contribution in [3.05, 3.63) is 34.3 Å². The average molecular weight is 603 g/mol. The molecular formula is C27H40BrO8P. The molecule has 1 aliphatic heterocycles. The van der Waals surface area contributed by atoms with Crippen LogP contribution in [0.4, 0.5) is 0 Å². The van der Waals surface area contributed by atoms with Crippen molar-refractivity contribution in [1.82, 2.24) is 0 Å². The maximum Gasteiger partial charge on any atom is 0.311 e. The Labute approximate surface area is 230 Å². The molecule has 1 aromatic carbocycles. The molecule has 0 aromatic heterocycles. The second kappa shape index (κ2) is 12.1. The number of halogens is 1. The summed E-state index contributed by atoms with van der Waals surface area (Å²) in [4.78, 5) is 39.3. The lowest BCUT2D eigenvalue weighted by molar-refractivity contribution is -0.259. The van der Waals surface area contributed by atoms with E-state index in [4.69, 9.17) is 23.5 Å². The fraction of sp³-hybridized carbons (Fsp3) is 0.667. The lowest BCUT2D eigenvalue weighted by Crippen LogP contribution is -2.60. The number of hydrogen-bond donors (Lipinski definition) is 0. The van der Waals surface area contributed by atoms with Crippen LogP contribution in [0.3, 0.4) is 0 Å². The molecule has 1 fully saturated rings. The molecule has 208 valence electrons. The number of carbonyl (C=O) groups excluding carboxylic acids is 3. The van der Waals surface area contributed by atoms with Crippen LogP contribution in [0.25, 0.3) is 0 Å². The second-order valence-electron chi connectivity index (χ2n) is 12.3. The lowest BCUT2D eigenvalue weighted by atomic mass is 9.88. The molecule has 0 N–H and O–H groups in total. The summed E-state index contributed by atoms with van der Waals surface area (Å²) in [5.41, 5.74) is -1.86. The molecule has 1 heterocycles. The smallest absolute Gasteiger partial charge is 0.311 e. The first-order valence-electron chi connectivity index (χ1n) is 12.2. The van der Waals surface area contributed by atoms with E-state index in [9.17, 15) is 14.4 Å². The van der Waals surface area contributed by atoms with E-state index in [0.29, 0.717) is 5.56 Å². The maximum absolute atomic E-state index is 13.2. The first kappa shape index (κ1) is 31.7. The SMILES string of the molecule is CC(C)(C)C(=O)O[C@@H]1[C@H](OC(=O)C(C)(C)C)[C@@H](c2ccc(Br)cc2)O[C@H](COP)[C@H]1OC(=O)C(C)(C)C. The monoisotopic (exact) mass is 602 g/mol. The van der Waals surface area contributed by atoms with Crippen LogP contribution in [0.15, 0.2) is 28.7 Å². The first-order chi connectivity index (χ1) is 16.9. The number of benzene rings is 1. The quantitative estimate of drug-likeness (QED) is 0.237. The standard InChI is InChI=1S/C27H40BrO8P/c1-25(2,3)22(29)34-19-17(14-32-37)33-18(15-10-12-16(28)13-11-15)20(35-23(30)26(4,5)6)21(19)36-24(31)27(7,8)9/h10-13,17-21H,14,37H2,1-9H3/t17-,18-,19-,20-,21+/m1/s1. The molecule has 0 radical (unpaired) electrons. The van der Waals surface area contributed by atoms with Crippen LogP contribution < -0.4 is 0 Å². The first-order valence-corrected chi connectivity index (χ1v) is 13.5. The van der Waals surface area contributed by atoms with Crippen molar-refractivity contribution in [2.75, 3.05) is 6.61 Å². The van der Waals surface area contributed by atoms with Gasteiger partial charge in [0.25, 0.3) is 0 Å². The zero-order valence-electron chi connectivity index (χ0n) is 23.1. The third-order valence-electron chi connectivity index (χ3n) is 5.66. The Morgan fingerprint density at radius 2 is 1.16 bits per heavy atom. The molecule has 0 bridgehead atoms. The number of hydrogen-bond acceptors (Lipinski definition) is 8. The Balaban J connectivity index is 2.68. The van der Waals surface area contributed by atoms with Crippen molar-refractivity contribution in [2.24, 2.45) is 16.2 Å². The fourth-order valence-corrected chi connectivity index (χ4v) is 3.82. The van der Waals surface area contributed by atoms with Crippen LogP contribution in [0.1, 0.15) is 74.0 Å². The summed E-state index contributed by atoms with van der Waals surface area (Å²) >= 11 is 3.43. The van der Waals surface area contributed by atoms with E-state index in [1.54, 1.807) is 62.3 Å². The predicted octanol–water partition coefficient (Wildman–Crippen LogP) is 5.57. The van der Waals surface area contributed by atoms with E-state index in [0.717, 1.165) is 4.47 Å². The van der Waals surface area contributed by atoms with Crippen LogP contribution in [0.2, 0.25) is 0 Å². The Morgan fingerprint density at radius 3 is 1.57 bits per heavy atom. The molecule has 8 nitrogen and oxygen atoms in total. The highest BCUT2D eigenvalue weighted by molar-refractivity contribution is 9.10. The van der Waals surface area contributed by atoms with Crippen molar-refractivity contribution >= 4 is 43.3 Å². The Bertz CT molecular complexity index is 959. The molecule has 1 aromatic rings. The third kappa shape index (κ3) is 8.47. The van der Waals surface area contributed by atoms with Gasteiger partial charge in [-0.25, -0.2) is 0 Å². The summed E-state index contributed by atoms with van der Waals surface area (Å²) in [6.07, 6.45) is -5.00. The molecular weight excluding hydrogens is 563 g/mol. The summed E-state index contributed by atoms with van der Waals surface area (Å²) in [5.74, 6) is -1.57. The molecule has 1 aliphatic rings. The van der Waals surface area contributed by atoms with Crippen molar-refractivity contribution < 1.29 is 37.9 Å². The van der Waals surface area contributed by atoms with Gasteiger partial charge in [0, 0.05) is 13.9 Å². The molecule has 0 amide bonds. The average Bonchev–Trinajstić information content (AvgIpc) is 2.75. The topological polar surface area (TPSA) is 97.4 Å². The number of ether oxygens (including phenoxy) is 4. The highest BCUT2D eigenvalue weighted by atomic mass is 79.9. The van der Waals surface area contributed by atoms with Gasteiger partial charge in [0.05, 0.1) is 22.9 Å². The molecule has 1 unspecified atom stereocenters. The van der Waals surface area contributed by atoms with E-state index < -0.39 is 64.7 Å². The molecule has 0 spiro atoms. The highest BCUT2D eigenvalue weighted by Crippen LogP contribution is 2.40.